The summed E-state index contributed by atoms with van der Waals surface area (Å²) in [5, 5.41) is 0.975. The fraction of sp³-hybridized carbons (Fsp3) is 0.381. The number of rotatable bonds is 6. The monoisotopic (exact) mass is 510 g/mol. The van der Waals surface area contributed by atoms with E-state index in [1.807, 2.05) is 36.4 Å². The van der Waals surface area contributed by atoms with Crippen LogP contribution in [-0.4, -0.2) is 42.9 Å². The van der Waals surface area contributed by atoms with E-state index in [-0.39, 0.29) is 17.6 Å². The highest BCUT2D eigenvalue weighted by atomic mass is 79.9. The van der Waals surface area contributed by atoms with Crippen LogP contribution < -0.4 is 18.9 Å². The molecule has 7 heteroatoms. The van der Waals surface area contributed by atoms with Gasteiger partial charge in [0.25, 0.3) is 0 Å². The van der Waals surface area contributed by atoms with Gasteiger partial charge in [-0.2, -0.15) is 0 Å². The number of carbonyl (C=O) groups is 1. The summed E-state index contributed by atoms with van der Waals surface area (Å²) in [6.45, 7) is 1.99. The van der Waals surface area contributed by atoms with E-state index in [0.29, 0.717) is 60.1 Å². The summed E-state index contributed by atoms with van der Waals surface area (Å²) in [7, 11) is 0. The first-order valence-electron chi connectivity index (χ1n) is 9.17. The molecule has 2 aromatic rings. The molecule has 0 aromatic heterocycles. The van der Waals surface area contributed by atoms with Gasteiger partial charge in [0, 0.05) is 21.8 Å². The maximum absolute atomic E-state index is 13.6. The third kappa shape index (κ3) is 3.62. The minimum Gasteiger partial charge on any atom is -0.486 e. The number of benzene rings is 2. The predicted octanol–water partition coefficient (Wildman–Crippen LogP) is 4.46. The normalized spacial score (nSPS) is 16.9. The van der Waals surface area contributed by atoms with Crippen LogP contribution in [0.4, 0.5) is 0 Å². The van der Waals surface area contributed by atoms with Crippen LogP contribution in [0.15, 0.2) is 36.4 Å². The summed E-state index contributed by atoms with van der Waals surface area (Å²) in [6, 6.07) is 11.4. The topological polar surface area (TPSA) is 54.0 Å². The lowest BCUT2D eigenvalue weighted by atomic mass is 9.84. The molecule has 2 unspecified atom stereocenters. The van der Waals surface area contributed by atoms with Gasteiger partial charge in [-0.05, 0) is 12.1 Å². The van der Waals surface area contributed by atoms with Gasteiger partial charge >= 0.3 is 0 Å². The highest BCUT2D eigenvalue weighted by molar-refractivity contribution is 9.09. The van der Waals surface area contributed by atoms with Gasteiger partial charge in [0.2, 0.25) is 0 Å². The molecule has 0 saturated carbocycles. The Bertz CT molecular complexity index is 800. The Hall–Kier alpha value is -1.73. The number of hydrogen-bond acceptors (Lipinski definition) is 5. The summed E-state index contributed by atoms with van der Waals surface area (Å²) < 4.78 is 23.1. The summed E-state index contributed by atoms with van der Waals surface area (Å²) in [4.78, 5) is 13.6. The SMILES string of the molecule is O=C(C(CBr)c1cccc2c1OCCO2)C(CBr)c1cccc2c1OCCO2. The molecule has 0 bridgehead atoms. The summed E-state index contributed by atoms with van der Waals surface area (Å²) in [5.41, 5.74) is 1.68. The number of hydrogen-bond donors (Lipinski definition) is 0. The Labute approximate surface area is 180 Å². The van der Waals surface area contributed by atoms with Crippen LogP contribution in [0.2, 0.25) is 0 Å². The smallest absolute Gasteiger partial charge is 0.165 e. The molecule has 2 heterocycles. The Kier molecular flexibility index (Phi) is 6.11. The minimum atomic E-state index is -0.375. The van der Waals surface area contributed by atoms with E-state index in [0.717, 1.165) is 11.1 Å². The molecule has 0 amide bonds. The zero-order valence-corrected chi connectivity index (χ0v) is 18.3. The van der Waals surface area contributed by atoms with Crippen LogP contribution in [0.3, 0.4) is 0 Å². The van der Waals surface area contributed by atoms with Gasteiger partial charge in [-0.3, -0.25) is 4.79 Å². The second-order valence-electron chi connectivity index (χ2n) is 6.56. The van der Waals surface area contributed by atoms with Gasteiger partial charge < -0.3 is 18.9 Å². The minimum absolute atomic E-state index is 0.0823. The first kappa shape index (κ1) is 19.6. The van der Waals surface area contributed by atoms with Crippen molar-refractivity contribution in [1.29, 1.82) is 0 Å². The van der Waals surface area contributed by atoms with Gasteiger partial charge in [-0.1, -0.05) is 56.1 Å². The summed E-state index contributed by atoms with van der Waals surface area (Å²) in [5.74, 6) is 2.03. The van der Waals surface area contributed by atoms with Crippen molar-refractivity contribution in [3.63, 3.8) is 0 Å². The molecule has 0 radical (unpaired) electrons. The highest BCUT2D eigenvalue weighted by Gasteiger charge is 2.34. The maximum atomic E-state index is 13.6. The molecule has 0 spiro atoms. The van der Waals surface area contributed by atoms with Crippen molar-refractivity contribution >= 4 is 37.6 Å². The fourth-order valence-corrected chi connectivity index (χ4v) is 4.94. The molecular formula is C21H20Br2O5. The molecule has 0 saturated heterocycles. The van der Waals surface area contributed by atoms with Crippen LogP contribution in [0, 0.1) is 0 Å². The van der Waals surface area contributed by atoms with E-state index in [9.17, 15) is 4.79 Å². The molecule has 0 aliphatic carbocycles. The number of fused-ring (bicyclic) bond motifs is 2. The maximum Gasteiger partial charge on any atom is 0.165 e. The molecule has 0 N–H and O–H groups in total. The fourth-order valence-electron chi connectivity index (χ4n) is 3.61. The number of carbonyl (C=O) groups excluding carboxylic acids is 1. The van der Waals surface area contributed by atoms with E-state index >= 15 is 0 Å². The standard InChI is InChI=1S/C21H20Br2O5/c22-11-15(13-3-1-5-17-20(13)27-9-7-25-17)19(24)16(12-23)14-4-2-6-18-21(14)28-10-8-26-18/h1-6,15-16H,7-12H2. The van der Waals surface area contributed by atoms with Crippen LogP contribution in [0.1, 0.15) is 23.0 Å². The van der Waals surface area contributed by atoms with E-state index in [2.05, 4.69) is 31.9 Å². The largest absolute Gasteiger partial charge is 0.486 e. The Morgan fingerprint density at radius 1 is 0.750 bits per heavy atom. The molecule has 148 valence electrons. The molecule has 2 aromatic carbocycles. The molecule has 2 aliphatic rings. The van der Waals surface area contributed by atoms with E-state index in [1.165, 1.54) is 0 Å². The molecule has 0 fully saturated rings. The van der Waals surface area contributed by atoms with E-state index in [1.54, 1.807) is 0 Å². The lowest BCUT2D eigenvalue weighted by Gasteiger charge is -2.27. The van der Waals surface area contributed by atoms with Crippen molar-refractivity contribution in [3.05, 3.63) is 47.5 Å². The zero-order chi connectivity index (χ0) is 19.5. The van der Waals surface area contributed by atoms with Crippen molar-refractivity contribution in [2.24, 2.45) is 0 Å². The van der Waals surface area contributed by atoms with Gasteiger partial charge in [0.05, 0.1) is 11.8 Å². The van der Waals surface area contributed by atoms with Gasteiger partial charge in [-0.25, -0.2) is 0 Å². The van der Waals surface area contributed by atoms with Crippen molar-refractivity contribution in [2.45, 2.75) is 11.8 Å². The lowest BCUT2D eigenvalue weighted by Crippen LogP contribution is -2.26. The van der Waals surface area contributed by atoms with E-state index < -0.39 is 0 Å². The number of Topliss-reactive ketones (excluding diaryl/α,β-unsaturated/α-hetero) is 1. The number of ketones is 1. The quantitative estimate of drug-likeness (QED) is 0.536. The van der Waals surface area contributed by atoms with Crippen LogP contribution >= 0.6 is 31.9 Å². The Morgan fingerprint density at radius 2 is 1.18 bits per heavy atom. The van der Waals surface area contributed by atoms with Crippen molar-refractivity contribution in [1.82, 2.24) is 0 Å². The first-order valence-corrected chi connectivity index (χ1v) is 11.4. The number of alkyl halides is 2. The molecule has 5 nitrogen and oxygen atoms in total. The number of halogens is 2. The number of ether oxygens (including phenoxy) is 4. The van der Waals surface area contributed by atoms with E-state index in [4.69, 9.17) is 18.9 Å². The predicted molar refractivity (Wildman–Crippen MR) is 113 cm³/mol. The molecule has 2 aliphatic heterocycles. The van der Waals surface area contributed by atoms with Gasteiger partial charge in [-0.15, -0.1) is 0 Å². The second-order valence-corrected chi connectivity index (χ2v) is 7.85. The molecule has 2 atom stereocenters. The summed E-state index contributed by atoms with van der Waals surface area (Å²) >= 11 is 7.08. The average molecular weight is 512 g/mol. The third-order valence-electron chi connectivity index (χ3n) is 4.94. The lowest BCUT2D eigenvalue weighted by molar-refractivity contribution is -0.121. The van der Waals surface area contributed by atoms with Crippen molar-refractivity contribution in [3.8, 4) is 23.0 Å². The van der Waals surface area contributed by atoms with Gasteiger partial charge in [0.15, 0.2) is 23.0 Å². The molecule has 4 rings (SSSR count). The Balaban J connectivity index is 1.71. The molecule has 28 heavy (non-hydrogen) atoms. The first-order chi connectivity index (χ1) is 13.7. The van der Waals surface area contributed by atoms with Crippen LogP contribution in [-0.2, 0) is 4.79 Å². The van der Waals surface area contributed by atoms with Crippen LogP contribution in [0.25, 0.3) is 0 Å². The van der Waals surface area contributed by atoms with Crippen molar-refractivity contribution in [2.75, 3.05) is 37.1 Å². The zero-order valence-electron chi connectivity index (χ0n) is 15.2. The summed E-state index contributed by atoms with van der Waals surface area (Å²) in [6.07, 6.45) is 0. The average Bonchev–Trinajstić information content (AvgIpc) is 2.75. The number of para-hydroxylation sites is 2. The highest BCUT2D eigenvalue weighted by Crippen LogP contribution is 2.43. The van der Waals surface area contributed by atoms with Gasteiger partial charge in [0.1, 0.15) is 32.2 Å². The Morgan fingerprint density at radius 3 is 1.61 bits per heavy atom. The third-order valence-corrected chi connectivity index (χ3v) is 6.23. The van der Waals surface area contributed by atoms with Crippen LogP contribution in [0.5, 0.6) is 23.0 Å². The molecular weight excluding hydrogens is 492 g/mol. The van der Waals surface area contributed by atoms with Crippen molar-refractivity contribution < 1.29 is 23.7 Å². The second kappa shape index (κ2) is 8.74.